The lowest BCUT2D eigenvalue weighted by molar-refractivity contribution is -0.126. The van der Waals surface area contributed by atoms with Crippen LogP contribution in [0.15, 0.2) is 0 Å². The Morgan fingerprint density at radius 1 is 1.80 bits per heavy atom. The smallest absolute Gasteiger partial charge is 0.250 e. The standard InChI is InChI=1S/C6H10N2OS/c1-3-8-5(9)4(2)7-6(8)10/h4H,3H2,1-2H3,(H,7,10). The molecule has 0 aromatic rings. The van der Waals surface area contributed by atoms with Gasteiger partial charge in [0.25, 0.3) is 5.91 Å². The first-order chi connectivity index (χ1) is 4.66. The summed E-state index contributed by atoms with van der Waals surface area (Å²) in [7, 11) is 0. The van der Waals surface area contributed by atoms with Crippen molar-refractivity contribution in [3.63, 3.8) is 0 Å². The molecular formula is C6H10N2OS. The molecule has 0 saturated carbocycles. The third-order valence-electron chi connectivity index (χ3n) is 1.54. The summed E-state index contributed by atoms with van der Waals surface area (Å²) in [4.78, 5) is 12.7. The maximum Gasteiger partial charge on any atom is 0.250 e. The minimum atomic E-state index is -0.132. The zero-order valence-corrected chi connectivity index (χ0v) is 6.86. The Morgan fingerprint density at radius 3 is 2.60 bits per heavy atom. The molecule has 1 heterocycles. The summed E-state index contributed by atoms with van der Waals surface area (Å²) in [6, 6.07) is -0.132. The number of carbonyl (C=O) groups is 1. The van der Waals surface area contributed by atoms with Gasteiger partial charge in [-0.25, -0.2) is 0 Å². The summed E-state index contributed by atoms with van der Waals surface area (Å²) in [5, 5.41) is 3.43. The van der Waals surface area contributed by atoms with Crippen LogP contribution in [-0.2, 0) is 4.79 Å². The van der Waals surface area contributed by atoms with Crippen LogP contribution < -0.4 is 5.32 Å². The topological polar surface area (TPSA) is 32.3 Å². The van der Waals surface area contributed by atoms with Crippen molar-refractivity contribution in [1.82, 2.24) is 10.2 Å². The summed E-state index contributed by atoms with van der Waals surface area (Å²) in [6.07, 6.45) is 0. The van der Waals surface area contributed by atoms with Crippen LogP contribution in [0.1, 0.15) is 13.8 Å². The van der Waals surface area contributed by atoms with Gasteiger partial charge in [0.15, 0.2) is 5.11 Å². The second kappa shape index (κ2) is 2.54. The largest absolute Gasteiger partial charge is 0.351 e. The number of likely N-dealkylation sites (N-methyl/N-ethyl adjacent to an activating group) is 1. The molecule has 1 saturated heterocycles. The van der Waals surface area contributed by atoms with Crippen LogP contribution in [-0.4, -0.2) is 28.5 Å². The van der Waals surface area contributed by atoms with Gasteiger partial charge in [-0.15, -0.1) is 0 Å². The van der Waals surface area contributed by atoms with Crippen LogP contribution in [0, 0.1) is 0 Å². The van der Waals surface area contributed by atoms with E-state index in [-0.39, 0.29) is 11.9 Å². The molecule has 4 heteroatoms. The normalized spacial score (nSPS) is 25.4. The monoisotopic (exact) mass is 158 g/mol. The van der Waals surface area contributed by atoms with Gasteiger partial charge in [-0.3, -0.25) is 9.69 Å². The van der Waals surface area contributed by atoms with Crippen molar-refractivity contribution >= 4 is 23.2 Å². The van der Waals surface area contributed by atoms with E-state index in [0.717, 1.165) is 0 Å². The fourth-order valence-electron chi connectivity index (χ4n) is 0.958. The molecule has 1 atom stereocenters. The van der Waals surface area contributed by atoms with Gasteiger partial charge in [-0.1, -0.05) is 0 Å². The van der Waals surface area contributed by atoms with Crippen LogP contribution in [0.4, 0.5) is 0 Å². The highest BCUT2D eigenvalue weighted by atomic mass is 32.1. The van der Waals surface area contributed by atoms with E-state index in [0.29, 0.717) is 11.7 Å². The van der Waals surface area contributed by atoms with Crippen LogP contribution >= 0.6 is 12.2 Å². The van der Waals surface area contributed by atoms with E-state index in [2.05, 4.69) is 5.32 Å². The molecule has 1 rings (SSSR count). The average Bonchev–Trinajstić information content (AvgIpc) is 2.09. The third-order valence-corrected chi connectivity index (χ3v) is 1.88. The van der Waals surface area contributed by atoms with Gasteiger partial charge in [0.2, 0.25) is 0 Å². The fourth-order valence-corrected chi connectivity index (χ4v) is 1.35. The molecule has 0 aromatic carbocycles. The van der Waals surface area contributed by atoms with Crippen molar-refractivity contribution < 1.29 is 4.79 Å². The number of carbonyl (C=O) groups excluding carboxylic acids is 1. The molecule has 3 nitrogen and oxygen atoms in total. The first kappa shape index (κ1) is 7.47. The second-order valence-electron chi connectivity index (χ2n) is 2.25. The summed E-state index contributed by atoms with van der Waals surface area (Å²) < 4.78 is 0. The van der Waals surface area contributed by atoms with E-state index in [4.69, 9.17) is 12.2 Å². The van der Waals surface area contributed by atoms with Crippen molar-refractivity contribution in [3.8, 4) is 0 Å². The average molecular weight is 158 g/mol. The Morgan fingerprint density at radius 2 is 2.40 bits per heavy atom. The molecule has 0 radical (unpaired) electrons. The summed E-state index contributed by atoms with van der Waals surface area (Å²) in [5.74, 6) is 0.0764. The zero-order chi connectivity index (χ0) is 7.72. The molecule has 56 valence electrons. The Balaban J connectivity index is 2.74. The second-order valence-corrected chi connectivity index (χ2v) is 2.64. The molecular weight excluding hydrogens is 148 g/mol. The highest BCUT2D eigenvalue weighted by Gasteiger charge is 2.30. The molecule has 10 heavy (non-hydrogen) atoms. The van der Waals surface area contributed by atoms with Gasteiger partial charge >= 0.3 is 0 Å². The number of nitrogens with zero attached hydrogens (tertiary/aromatic N) is 1. The molecule has 0 bridgehead atoms. The third kappa shape index (κ3) is 0.988. The molecule has 1 unspecified atom stereocenters. The van der Waals surface area contributed by atoms with Gasteiger partial charge in [0.05, 0.1) is 0 Å². The molecule has 1 aliphatic heterocycles. The molecule has 1 aliphatic rings. The quantitative estimate of drug-likeness (QED) is 0.550. The van der Waals surface area contributed by atoms with Crippen LogP contribution in [0.5, 0.6) is 0 Å². The molecule has 0 aromatic heterocycles. The lowest BCUT2D eigenvalue weighted by atomic mass is 10.3. The maximum absolute atomic E-state index is 11.1. The van der Waals surface area contributed by atoms with Crippen molar-refractivity contribution in [2.45, 2.75) is 19.9 Å². The van der Waals surface area contributed by atoms with Crippen molar-refractivity contribution in [2.75, 3.05) is 6.54 Å². The molecule has 1 N–H and O–H groups in total. The fraction of sp³-hybridized carbons (Fsp3) is 0.667. The Kier molecular flexibility index (Phi) is 1.89. The van der Waals surface area contributed by atoms with Crippen molar-refractivity contribution in [2.24, 2.45) is 0 Å². The SMILES string of the molecule is CCN1C(=O)C(C)NC1=S. The minimum absolute atomic E-state index is 0.0764. The zero-order valence-electron chi connectivity index (χ0n) is 6.05. The van der Waals surface area contributed by atoms with Crippen LogP contribution in [0.25, 0.3) is 0 Å². The van der Waals surface area contributed by atoms with E-state index in [1.165, 1.54) is 0 Å². The predicted molar refractivity (Wildman–Crippen MR) is 42.6 cm³/mol. The van der Waals surface area contributed by atoms with Gasteiger partial charge in [-0.05, 0) is 26.1 Å². The number of hydrogen-bond acceptors (Lipinski definition) is 2. The van der Waals surface area contributed by atoms with E-state index in [1.54, 1.807) is 4.90 Å². The predicted octanol–water partition coefficient (Wildman–Crippen LogP) is 0.111. The summed E-state index contributed by atoms with van der Waals surface area (Å²) in [6.45, 7) is 4.38. The Hall–Kier alpha value is -0.640. The number of hydrogen-bond donors (Lipinski definition) is 1. The summed E-state index contributed by atoms with van der Waals surface area (Å²) in [5.41, 5.74) is 0. The maximum atomic E-state index is 11.1. The lowest BCUT2D eigenvalue weighted by Crippen LogP contribution is -2.30. The van der Waals surface area contributed by atoms with E-state index >= 15 is 0 Å². The number of rotatable bonds is 1. The molecule has 0 aliphatic carbocycles. The van der Waals surface area contributed by atoms with E-state index in [1.807, 2.05) is 13.8 Å². The first-order valence-electron chi connectivity index (χ1n) is 3.28. The Bertz CT molecular complexity index is 181. The van der Waals surface area contributed by atoms with Gasteiger partial charge < -0.3 is 5.32 Å². The lowest BCUT2D eigenvalue weighted by Gasteiger charge is -2.09. The number of nitrogens with one attached hydrogen (secondary N) is 1. The van der Waals surface area contributed by atoms with Gasteiger partial charge in [0, 0.05) is 6.54 Å². The number of amides is 1. The Labute approximate surface area is 65.4 Å². The molecule has 1 fully saturated rings. The number of thiocarbonyl (C=S) groups is 1. The van der Waals surface area contributed by atoms with E-state index < -0.39 is 0 Å². The highest BCUT2D eigenvalue weighted by Crippen LogP contribution is 2.04. The highest BCUT2D eigenvalue weighted by molar-refractivity contribution is 7.80. The van der Waals surface area contributed by atoms with Crippen molar-refractivity contribution in [1.29, 1.82) is 0 Å². The van der Waals surface area contributed by atoms with Gasteiger partial charge in [-0.2, -0.15) is 0 Å². The van der Waals surface area contributed by atoms with Crippen LogP contribution in [0.2, 0.25) is 0 Å². The molecule has 1 amide bonds. The first-order valence-corrected chi connectivity index (χ1v) is 3.69. The molecule has 0 spiro atoms. The van der Waals surface area contributed by atoms with Crippen molar-refractivity contribution in [3.05, 3.63) is 0 Å². The summed E-state index contributed by atoms with van der Waals surface area (Å²) >= 11 is 4.89. The van der Waals surface area contributed by atoms with E-state index in [9.17, 15) is 4.79 Å². The van der Waals surface area contributed by atoms with Crippen LogP contribution in [0.3, 0.4) is 0 Å². The minimum Gasteiger partial charge on any atom is -0.351 e. The van der Waals surface area contributed by atoms with Gasteiger partial charge in [0.1, 0.15) is 6.04 Å².